The second kappa shape index (κ2) is 7.84. The average molecular weight is 299 g/mol. The van der Waals surface area contributed by atoms with Gasteiger partial charge in [0.05, 0.1) is 18.7 Å². The number of ether oxygens (including phenoxy) is 1. The summed E-state index contributed by atoms with van der Waals surface area (Å²) in [6.45, 7) is 6.52. The molecule has 0 aromatic carbocycles. The molecule has 1 aromatic heterocycles. The van der Waals surface area contributed by atoms with Crippen LogP contribution in [0.3, 0.4) is 0 Å². The van der Waals surface area contributed by atoms with Crippen LogP contribution in [0.1, 0.15) is 26.5 Å². The number of carbonyl (C=O) groups is 2. The average Bonchev–Trinajstić information content (AvgIpc) is 2.73. The highest BCUT2D eigenvalue weighted by Gasteiger charge is 2.20. The van der Waals surface area contributed by atoms with E-state index in [0.29, 0.717) is 24.0 Å². The lowest BCUT2D eigenvalue weighted by molar-refractivity contribution is -0.149. The summed E-state index contributed by atoms with van der Waals surface area (Å²) in [6.07, 6.45) is 0.153. The van der Waals surface area contributed by atoms with E-state index in [4.69, 9.17) is 10.5 Å². The topological polar surface area (TPSA) is 85.5 Å². The van der Waals surface area contributed by atoms with Gasteiger partial charge in [0, 0.05) is 11.9 Å². The second-order valence-corrected chi connectivity index (χ2v) is 5.72. The zero-order valence-corrected chi connectivity index (χ0v) is 12.9. The van der Waals surface area contributed by atoms with E-state index < -0.39 is 0 Å². The third-order valence-corrected chi connectivity index (χ3v) is 3.19. The molecule has 112 valence electrons. The molecule has 1 aromatic rings. The van der Waals surface area contributed by atoms with Crippen LogP contribution in [0.2, 0.25) is 0 Å². The highest BCUT2D eigenvalue weighted by Crippen LogP contribution is 2.13. The van der Waals surface area contributed by atoms with Crippen LogP contribution in [0.4, 0.5) is 5.13 Å². The Bertz CT molecular complexity index is 459. The molecule has 0 bridgehead atoms. The molecule has 20 heavy (non-hydrogen) atoms. The summed E-state index contributed by atoms with van der Waals surface area (Å²) in [5, 5.41) is 2.19. The highest BCUT2D eigenvalue weighted by atomic mass is 32.1. The maximum Gasteiger partial charge on any atom is 0.325 e. The van der Waals surface area contributed by atoms with Gasteiger partial charge in [-0.05, 0) is 12.8 Å². The maximum atomic E-state index is 12.2. The quantitative estimate of drug-likeness (QED) is 0.767. The SMILES string of the molecule is CCOC(=O)CN(CC(C)C)C(=O)Cc1csc(N)n1. The van der Waals surface area contributed by atoms with Crippen LogP contribution in [0.25, 0.3) is 0 Å². The summed E-state index contributed by atoms with van der Waals surface area (Å²) in [7, 11) is 0. The number of hydrogen-bond donors (Lipinski definition) is 1. The summed E-state index contributed by atoms with van der Waals surface area (Å²) < 4.78 is 4.89. The number of carbonyl (C=O) groups excluding carboxylic acids is 2. The first-order valence-corrected chi connectivity index (χ1v) is 7.43. The molecule has 2 N–H and O–H groups in total. The number of rotatable bonds is 7. The standard InChI is InChI=1S/C13H21N3O3S/c1-4-19-12(18)7-16(6-9(2)3)11(17)5-10-8-20-13(14)15-10/h8-9H,4-7H2,1-3H3,(H2,14,15). The van der Waals surface area contributed by atoms with Crippen LogP contribution in [-0.2, 0) is 20.7 Å². The van der Waals surface area contributed by atoms with Crippen molar-refractivity contribution in [1.29, 1.82) is 0 Å². The minimum absolute atomic E-state index is 0.0233. The van der Waals surface area contributed by atoms with Crippen molar-refractivity contribution in [2.45, 2.75) is 27.2 Å². The minimum atomic E-state index is -0.390. The summed E-state index contributed by atoms with van der Waals surface area (Å²) >= 11 is 1.30. The molecule has 0 fully saturated rings. The lowest BCUT2D eigenvalue weighted by Gasteiger charge is -2.23. The summed E-state index contributed by atoms with van der Waals surface area (Å²) in [5.74, 6) is -0.259. The summed E-state index contributed by atoms with van der Waals surface area (Å²) in [5.41, 5.74) is 6.17. The lowest BCUT2D eigenvalue weighted by Crippen LogP contribution is -2.39. The fraction of sp³-hybridized carbons (Fsp3) is 0.615. The predicted molar refractivity (Wildman–Crippen MR) is 78.3 cm³/mol. The molecule has 0 atom stereocenters. The van der Waals surface area contributed by atoms with E-state index in [9.17, 15) is 9.59 Å². The van der Waals surface area contributed by atoms with Gasteiger partial charge in [0.25, 0.3) is 0 Å². The third-order valence-electron chi connectivity index (χ3n) is 2.47. The van der Waals surface area contributed by atoms with Crippen LogP contribution in [0.15, 0.2) is 5.38 Å². The Morgan fingerprint density at radius 2 is 2.20 bits per heavy atom. The Labute approximate surface area is 122 Å². The molecule has 0 radical (unpaired) electrons. The van der Waals surface area contributed by atoms with Gasteiger partial charge in [-0.3, -0.25) is 9.59 Å². The number of aromatic nitrogens is 1. The normalized spacial score (nSPS) is 10.6. The van der Waals surface area contributed by atoms with Gasteiger partial charge in [-0.25, -0.2) is 4.98 Å². The number of nitrogen functional groups attached to an aromatic ring is 1. The molecule has 1 heterocycles. The van der Waals surface area contributed by atoms with Crippen molar-refractivity contribution in [3.8, 4) is 0 Å². The molecule has 0 unspecified atom stereocenters. The first-order chi connectivity index (χ1) is 9.42. The Kier molecular flexibility index (Phi) is 6.44. The van der Waals surface area contributed by atoms with E-state index in [1.165, 1.54) is 16.2 Å². The number of nitrogens with two attached hydrogens (primary N) is 1. The van der Waals surface area contributed by atoms with Crippen molar-refractivity contribution in [1.82, 2.24) is 9.88 Å². The third kappa shape index (κ3) is 5.56. The second-order valence-electron chi connectivity index (χ2n) is 4.83. The summed E-state index contributed by atoms with van der Waals surface area (Å²) in [6, 6.07) is 0. The molecule has 0 spiro atoms. The van der Waals surface area contributed by atoms with Gasteiger partial charge < -0.3 is 15.4 Å². The first-order valence-electron chi connectivity index (χ1n) is 6.55. The molecular formula is C13H21N3O3S. The molecule has 1 rings (SSSR count). The van der Waals surface area contributed by atoms with Crippen LogP contribution in [0.5, 0.6) is 0 Å². The first kappa shape index (κ1) is 16.4. The fourth-order valence-electron chi connectivity index (χ4n) is 1.73. The monoisotopic (exact) mass is 299 g/mol. The van der Waals surface area contributed by atoms with Gasteiger partial charge in [-0.15, -0.1) is 11.3 Å². The number of nitrogens with zero attached hydrogens (tertiary/aromatic N) is 2. The Morgan fingerprint density at radius 1 is 1.50 bits per heavy atom. The molecule has 0 aliphatic rings. The number of amides is 1. The van der Waals surface area contributed by atoms with Crippen LogP contribution in [0, 0.1) is 5.92 Å². The molecule has 0 saturated carbocycles. The highest BCUT2D eigenvalue weighted by molar-refractivity contribution is 7.13. The predicted octanol–water partition coefficient (Wildman–Crippen LogP) is 1.32. The van der Waals surface area contributed by atoms with Crippen LogP contribution in [-0.4, -0.2) is 41.5 Å². The number of hydrogen-bond acceptors (Lipinski definition) is 6. The van der Waals surface area contributed by atoms with Crippen molar-refractivity contribution in [2.75, 3.05) is 25.4 Å². The van der Waals surface area contributed by atoms with Gasteiger partial charge in [0.1, 0.15) is 6.54 Å². The molecule has 1 amide bonds. The van der Waals surface area contributed by atoms with Gasteiger partial charge in [0.15, 0.2) is 5.13 Å². The van der Waals surface area contributed by atoms with E-state index in [-0.39, 0.29) is 30.8 Å². The van der Waals surface area contributed by atoms with Crippen molar-refractivity contribution in [3.63, 3.8) is 0 Å². The fourth-order valence-corrected chi connectivity index (χ4v) is 2.29. The smallest absolute Gasteiger partial charge is 0.325 e. The van der Waals surface area contributed by atoms with Gasteiger partial charge >= 0.3 is 5.97 Å². The van der Waals surface area contributed by atoms with Crippen LogP contribution >= 0.6 is 11.3 Å². The van der Waals surface area contributed by atoms with E-state index in [0.717, 1.165) is 0 Å². The molecule has 0 aliphatic heterocycles. The van der Waals surface area contributed by atoms with Crippen molar-refractivity contribution >= 4 is 28.3 Å². The van der Waals surface area contributed by atoms with E-state index in [2.05, 4.69) is 4.98 Å². The van der Waals surface area contributed by atoms with Crippen molar-refractivity contribution in [2.24, 2.45) is 5.92 Å². The maximum absolute atomic E-state index is 12.2. The van der Waals surface area contributed by atoms with Gasteiger partial charge in [-0.2, -0.15) is 0 Å². The Morgan fingerprint density at radius 3 is 2.70 bits per heavy atom. The summed E-state index contributed by atoms with van der Waals surface area (Å²) in [4.78, 5) is 29.4. The molecule has 0 aliphatic carbocycles. The Hall–Kier alpha value is -1.63. The zero-order chi connectivity index (χ0) is 15.1. The van der Waals surface area contributed by atoms with E-state index in [1.54, 1.807) is 12.3 Å². The zero-order valence-electron chi connectivity index (χ0n) is 12.1. The van der Waals surface area contributed by atoms with Crippen molar-refractivity contribution in [3.05, 3.63) is 11.1 Å². The van der Waals surface area contributed by atoms with Gasteiger partial charge in [-0.1, -0.05) is 13.8 Å². The number of esters is 1. The number of thiazole rings is 1. The Balaban J connectivity index is 2.66. The van der Waals surface area contributed by atoms with Crippen molar-refractivity contribution < 1.29 is 14.3 Å². The van der Waals surface area contributed by atoms with Crippen LogP contribution < -0.4 is 5.73 Å². The molecule has 0 saturated heterocycles. The molecule has 7 heteroatoms. The minimum Gasteiger partial charge on any atom is -0.465 e. The number of anilines is 1. The lowest BCUT2D eigenvalue weighted by atomic mass is 10.2. The molecular weight excluding hydrogens is 278 g/mol. The molecule has 6 nitrogen and oxygen atoms in total. The van der Waals surface area contributed by atoms with Gasteiger partial charge in [0.2, 0.25) is 5.91 Å². The largest absolute Gasteiger partial charge is 0.465 e. The van der Waals surface area contributed by atoms with E-state index in [1.807, 2.05) is 13.8 Å². The van der Waals surface area contributed by atoms with E-state index >= 15 is 0 Å².